The monoisotopic (exact) mass is 291 g/mol. The number of aromatic nitrogens is 1. The maximum atomic E-state index is 13.6. The molecule has 0 aliphatic rings. The fraction of sp³-hybridized carbons (Fsp3) is 0.0909. The first-order valence-corrected chi connectivity index (χ1v) is 5.26. The summed E-state index contributed by atoms with van der Waals surface area (Å²) < 4.78 is 43.4. The van der Waals surface area contributed by atoms with Gasteiger partial charge >= 0.3 is 5.97 Å². The Morgan fingerprint density at radius 3 is 2.58 bits per heavy atom. The number of alkyl halides is 2. The Hall–Kier alpha value is -2.02. The van der Waals surface area contributed by atoms with Crippen molar-refractivity contribution >= 4 is 17.6 Å². The van der Waals surface area contributed by atoms with E-state index in [0.717, 1.165) is 6.07 Å². The van der Waals surface area contributed by atoms with Crippen LogP contribution in [0.2, 0.25) is 5.02 Å². The molecule has 0 bridgehead atoms. The minimum absolute atomic E-state index is 0.126. The second kappa shape index (κ2) is 4.93. The van der Waals surface area contributed by atoms with E-state index in [-0.39, 0.29) is 10.6 Å². The Morgan fingerprint density at radius 1 is 1.42 bits per heavy atom. The Bertz CT molecular complexity index is 622. The number of aromatic carboxylic acids is 1. The molecule has 8 heteroatoms. The normalized spacial score (nSPS) is 11.0. The highest BCUT2D eigenvalue weighted by Crippen LogP contribution is 2.33. The highest BCUT2D eigenvalue weighted by Gasteiger charge is 2.28. The molecule has 1 heterocycles. The van der Waals surface area contributed by atoms with E-state index >= 15 is 0 Å². The number of halogens is 4. The second-order valence-corrected chi connectivity index (χ2v) is 3.84. The standard InChI is InChI=1S/C11H5ClF3NO3/c12-4-2-1-3-5(13)6(4)10-16-7(9(14)15)8(19-10)11(17)18/h1-3,9H,(H,17,18). The number of benzene rings is 1. The van der Waals surface area contributed by atoms with Gasteiger partial charge in [0.1, 0.15) is 5.82 Å². The first kappa shape index (κ1) is 13.4. The van der Waals surface area contributed by atoms with Crippen LogP contribution in [0, 0.1) is 5.82 Å². The number of oxazole rings is 1. The number of hydrogen-bond acceptors (Lipinski definition) is 3. The minimum atomic E-state index is -3.16. The van der Waals surface area contributed by atoms with Crippen molar-refractivity contribution in [1.82, 2.24) is 4.98 Å². The highest BCUT2D eigenvalue weighted by molar-refractivity contribution is 6.33. The smallest absolute Gasteiger partial charge is 0.374 e. The van der Waals surface area contributed by atoms with E-state index in [1.807, 2.05) is 0 Å². The van der Waals surface area contributed by atoms with Crippen LogP contribution in [0.3, 0.4) is 0 Å². The van der Waals surface area contributed by atoms with Crippen LogP contribution in [-0.2, 0) is 0 Å². The molecule has 0 radical (unpaired) electrons. The van der Waals surface area contributed by atoms with Gasteiger partial charge in [0.25, 0.3) is 6.43 Å². The van der Waals surface area contributed by atoms with E-state index in [4.69, 9.17) is 16.7 Å². The minimum Gasteiger partial charge on any atom is -0.475 e. The Morgan fingerprint density at radius 2 is 2.11 bits per heavy atom. The molecule has 0 atom stereocenters. The van der Waals surface area contributed by atoms with Gasteiger partial charge < -0.3 is 9.52 Å². The molecule has 1 aromatic carbocycles. The summed E-state index contributed by atoms with van der Waals surface area (Å²) in [6, 6.07) is 3.62. The van der Waals surface area contributed by atoms with E-state index in [2.05, 4.69) is 9.40 Å². The van der Waals surface area contributed by atoms with Crippen LogP contribution < -0.4 is 0 Å². The molecule has 0 unspecified atom stereocenters. The van der Waals surface area contributed by atoms with Crippen molar-refractivity contribution in [2.24, 2.45) is 0 Å². The summed E-state index contributed by atoms with van der Waals surface area (Å²) >= 11 is 5.71. The van der Waals surface area contributed by atoms with Gasteiger partial charge in [-0.05, 0) is 12.1 Å². The van der Waals surface area contributed by atoms with Gasteiger partial charge in [-0.15, -0.1) is 0 Å². The third-order valence-electron chi connectivity index (χ3n) is 2.23. The zero-order valence-electron chi connectivity index (χ0n) is 9.03. The number of rotatable bonds is 3. The maximum absolute atomic E-state index is 13.6. The lowest BCUT2D eigenvalue weighted by Gasteiger charge is -2.00. The molecule has 0 saturated heterocycles. The van der Waals surface area contributed by atoms with Crippen molar-refractivity contribution in [1.29, 1.82) is 0 Å². The SMILES string of the molecule is O=C(O)c1oc(-c2c(F)cccc2Cl)nc1C(F)F. The first-order valence-electron chi connectivity index (χ1n) is 4.88. The summed E-state index contributed by atoms with van der Waals surface area (Å²) in [4.78, 5) is 14.0. The molecule has 0 aliphatic heterocycles. The second-order valence-electron chi connectivity index (χ2n) is 3.44. The molecule has 100 valence electrons. The summed E-state index contributed by atoms with van der Waals surface area (Å²) in [5.74, 6) is -4.21. The molecule has 2 aromatic rings. The lowest BCUT2D eigenvalue weighted by atomic mass is 10.2. The van der Waals surface area contributed by atoms with Gasteiger partial charge in [-0.1, -0.05) is 17.7 Å². The van der Waals surface area contributed by atoms with Crippen molar-refractivity contribution in [3.63, 3.8) is 0 Å². The van der Waals surface area contributed by atoms with Crippen LogP contribution in [0.4, 0.5) is 13.2 Å². The van der Waals surface area contributed by atoms with E-state index in [9.17, 15) is 18.0 Å². The predicted molar refractivity (Wildman–Crippen MR) is 58.8 cm³/mol. The Kier molecular flexibility index (Phi) is 3.48. The van der Waals surface area contributed by atoms with Crippen LogP contribution in [0.5, 0.6) is 0 Å². The fourth-order valence-corrected chi connectivity index (χ4v) is 1.69. The lowest BCUT2D eigenvalue weighted by Crippen LogP contribution is -1.99. The zero-order valence-corrected chi connectivity index (χ0v) is 9.79. The summed E-state index contributed by atoms with van der Waals surface area (Å²) in [6.45, 7) is 0. The molecule has 0 fully saturated rings. The largest absolute Gasteiger partial charge is 0.475 e. The third kappa shape index (κ3) is 2.41. The summed E-state index contributed by atoms with van der Waals surface area (Å²) in [6.07, 6.45) is -3.16. The van der Waals surface area contributed by atoms with Crippen molar-refractivity contribution in [3.8, 4) is 11.5 Å². The molecule has 0 aliphatic carbocycles. The molecule has 0 spiro atoms. The third-order valence-corrected chi connectivity index (χ3v) is 2.55. The molecule has 1 aromatic heterocycles. The fourth-order valence-electron chi connectivity index (χ4n) is 1.44. The molecule has 0 saturated carbocycles. The van der Waals surface area contributed by atoms with Gasteiger partial charge in [-0.25, -0.2) is 22.9 Å². The quantitative estimate of drug-likeness (QED) is 0.935. The van der Waals surface area contributed by atoms with Crippen LogP contribution in [0.15, 0.2) is 22.6 Å². The summed E-state index contributed by atoms with van der Waals surface area (Å²) in [5, 5.41) is 8.59. The summed E-state index contributed by atoms with van der Waals surface area (Å²) in [7, 11) is 0. The van der Waals surface area contributed by atoms with E-state index in [1.54, 1.807) is 0 Å². The topological polar surface area (TPSA) is 63.3 Å². The zero-order chi connectivity index (χ0) is 14.2. The molecule has 4 nitrogen and oxygen atoms in total. The van der Waals surface area contributed by atoms with E-state index in [1.165, 1.54) is 12.1 Å². The van der Waals surface area contributed by atoms with Crippen LogP contribution in [0.25, 0.3) is 11.5 Å². The lowest BCUT2D eigenvalue weighted by molar-refractivity contribution is 0.0646. The first-order chi connectivity index (χ1) is 8.91. The average Bonchev–Trinajstić information content (AvgIpc) is 2.73. The molecule has 2 rings (SSSR count). The number of carbonyl (C=O) groups is 1. The van der Waals surface area contributed by atoms with Crippen molar-refractivity contribution in [3.05, 3.63) is 40.5 Å². The van der Waals surface area contributed by atoms with Crippen LogP contribution in [0.1, 0.15) is 22.7 Å². The maximum Gasteiger partial charge on any atom is 0.374 e. The van der Waals surface area contributed by atoms with Gasteiger partial charge in [-0.3, -0.25) is 0 Å². The summed E-state index contributed by atoms with van der Waals surface area (Å²) in [5.41, 5.74) is -1.43. The number of carboxylic acid groups (broad SMARTS) is 1. The van der Waals surface area contributed by atoms with E-state index < -0.39 is 35.6 Å². The number of hydrogen-bond donors (Lipinski definition) is 1. The van der Waals surface area contributed by atoms with Crippen LogP contribution >= 0.6 is 11.6 Å². The molecule has 1 N–H and O–H groups in total. The predicted octanol–water partition coefficient (Wildman–Crippen LogP) is 3.77. The van der Waals surface area contributed by atoms with Crippen molar-refractivity contribution < 1.29 is 27.5 Å². The van der Waals surface area contributed by atoms with Gasteiger partial charge in [-0.2, -0.15) is 0 Å². The molecular formula is C11H5ClF3NO3. The Labute approximate surface area is 109 Å². The average molecular weight is 292 g/mol. The van der Waals surface area contributed by atoms with Gasteiger partial charge in [0.2, 0.25) is 11.7 Å². The highest BCUT2D eigenvalue weighted by atomic mass is 35.5. The number of carboxylic acids is 1. The molecular weight excluding hydrogens is 287 g/mol. The van der Waals surface area contributed by atoms with Crippen LogP contribution in [-0.4, -0.2) is 16.1 Å². The van der Waals surface area contributed by atoms with Gasteiger partial charge in [0, 0.05) is 0 Å². The van der Waals surface area contributed by atoms with Gasteiger partial charge in [0.05, 0.1) is 10.6 Å². The Balaban J connectivity index is 2.64. The van der Waals surface area contributed by atoms with E-state index in [0.29, 0.717) is 0 Å². The van der Waals surface area contributed by atoms with Crippen molar-refractivity contribution in [2.75, 3.05) is 0 Å². The molecule has 0 amide bonds. The van der Waals surface area contributed by atoms with Crippen molar-refractivity contribution in [2.45, 2.75) is 6.43 Å². The molecule has 19 heavy (non-hydrogen) atoms. The van der Waals surface area contributed by atoms with Gasteiger partial charge in [0.15, 0.2) is 5.69 Å². The number of nitrogens with zero attached hydrogens (tertiary/aromatic N) is 1.